The Morgan fingerprint density at radius 3 is 2.43 bits per heavy atom. The third-order valence-corrected chi connectivity index (χ3v) is 8.05. The maximum Gasteiger partial charge on any atom is 0.279 e. The molecular formula is C26H23N3O6S2. The number of aromatic nitrogens is 1. The van der Waals surface area contributed by atoms with E-state index in [2.05, 4.69) is 16.3 Å². The van der Waals surface area contributed by atoms with Crippen LogP contribution in [0, 0.1) is 0 Å². The molecule has 37 heavy (non-hydrogen) atoms. The van der Waals surface area contributed by atoms with Gasteiger partial charge in [0.2, 0.25) is 0 Å². The quantitative estimate of drug-likeness (QED) is 0.354. The topological polar surface area (TPSA) is 108 Å². The van der Waals surface area contributed by atoms with Crippen molar-refractivity contribution in [1.29, 1.82) is 0 Å². The number of ether oxygens (including phenoxy) is 3. The molecule has 11 heteroatoms. The number of thiazole rings is 1. The Bertz CT molecular complexity index is 1650. The lowest BCUT2D eigenvalue weighted by atomic mass is 10.2. The lowest BCUT2D eigenvalue weighted by molar-refractivity contribution is 0.0998. The smallest absolute Gasteiger partial charge is 0.279 e. The monoisotopic (exact) mass is 537 g/mol. The van der Waals surface area contributed by atoms with Gasteiger partial charge in [0, 0.05) is 29.9 Å². The molecule has 0 radical (unpaired) electrons. The van der Waals surface area contributed by atoms with Crippen LogP contribution in [0.1, 0.15) is 10.4 Å². The van der Waals surface area contributed by atoms with Crippen LogP contribution in [0.15, 0.2) is 83.2 Å². The zero-order chi connectivity index (χ0) is 26.0. The van der Waals surface area contributed by atoms with Crippen molar-refractivity contribution in [3.63, 3.8) is 0 Å². The van der Waals surface area contributed by atoms with Crippen LogP contribution in [0.2, 0.25) is 0 Å². The second-order valence-electron chi connectivity index (χ2n) is 8.02. The third-order valence-electron chi connectivity index (χ3n) is 5.61. The second kappa shape index (κ2) is 10.1. The largest absolute Gasteiger partial charge is 0.497 e. The number of hydrogen-bond acceptors (Lipinski definition) is 7. The maximum atomic E-state index is 13.0. The van der Waals surface area contributed by atoms with Gasteiger partial charge >= 0.3 is 0 Å². The number of rotatable bonds is 7. The van der Waals surface area contributed by atoms with Crippen LogP contribution in [-0.2, 0) is 16.6 Å². The molecule has 1 aliphatic rings. The van der Waals surface area contributed by atoms with Gasteiger partial charge in [0.1, 0.15) is 19.0 Å². The molecular weight excluding hydrogens is 514 g/mol. The Balaban J connectivity index is 1.41. The number of carbonyl (C=O) groups excluding carboxylic acids is 1. The highest BCUT2D eigenvalue weighted by molar-refractivity contribution is 7.92. The third kappa shape index (κ3) is 5.09. The van der Waals surface area contributed by atoms with Crippen molar-refractivity contribution in [3.05, 3.63) is 83.7 Å². The van der Waals surface area contributed by atoms with Crippen molar-refractivity contribution in [2.75, 3.05) is 25.0 Å². The molecule has 1 aromatic heterocycles. The summed E-state index contributed by atoms with van der Waals surface area (Å²) >= 11 is 1.36. The number of benzene rings is 3. The summed E-state index contributed by atoms with van der Waals surface area (Å²) in [7, 11) is -2.29. The number of carbonyl (C=O) groups is 1. The average Bonchev–Trinajstić information content (AvgIpc) is 3.23. The van der Waals surface area contributed by atoms with E-state index in [1.54, 1.807) is 18.2 Å². The second-order valence-corrected chi connectivity index (χ2v) is 10.7. The predicted molar refractivity (Wildman–Crippen MR) is 141 cm³/mol. The molecule has 1 N–H and O–H groups in total. The van der Waals surface area contributed by atoms with Gasteiger partial charge in [-0.15, -0.1) is 6.58 Å². The number of nitrogens with zero attached hydrogens (tertiary/aromatic N) is 2. The molecule has 0 aliphatic carbocycles. The number of fused-ring (bicyclic) bond motifs is 2. The van der Waals surface area contributed by atoms with Crippen molar-refractivity contribution < 1.29 is 27.4 Å². The Morgan fingerprint density at radius 1 is 1.11 bits per heavy atom. The average molecular weight is 538 g/mol. The first-order valence-electron chi connectivity index (χ1n) is 11.3. The van der Waals surface area contributed by atoms with Gasteiger partial charge in [-0.3, -0.25) is 9.52 Å². The molecule has 2 heterocycles. The molecule has 0 bridgehead atoms. The van der Waals surface area contributed by atoms with E-state index in [1.807, 2.05) is 16.7 Å². The maximum absolute atomic E-state index is 13.0. The summed E-state index contributed by atoms with van der Waals surface area (Å²) in [6.45, 7) is 5.24. The number of sulfonamides is 1. The first-order valence-corrected chi connectivity index (χ1v) is 13.6. The van der Waals surface area contributed by atoms with E-state index >= 15 is 0 Å². The summed E-state index contributed by atoms with van der Waals surface area (Å²) in [5, 5.41) is 0. The van der Waals surface area contributed by atoms with Gasteiger partial charge in [-0.05, 0) is 48.5 Å². The van der Waals surface area contributed by atoms with Gasteiger partial charge in [-0.2, -0.15) is 4.99 Å². The summed E-state index contributed by atoms with van der Waals surface area (Å²) < 4.78 is 47.1. The Kier molecular flexibility index (Phi) is 6.72. The molecule has 9 nitrogen and oxygen atoms in total. The SMILES string of the molecule is C=CCn1c(=NC(=O)c2ccc(NS(=O)(=O)c3ccc(OC)cc3)cc2)sc2cc3c(cc21)OCCO3. The van der Waals surface area contributed by atoms with E-state index < -0.39 is 15.9 Å². The van der Waals surface area contributed by atoms with Gasteiger partial charge in [0.25, 0.3) is 15.9 Å². The fourth-order valence-electron chi connectivity index (χ4n) is 3.80. The van der Waals surface area contributed by atoms with Crippen molar-refractivity contribution >= 4 is 43.2 Å². The Hall–Kier alpha value is -4.09. The highest BCUT2D eigenvalue weighted by Gasteiger charge is 2.17. The van der Waals surface area contributed by atoms with Gasteiger partial charge in [0.05, 0.1) is 22.2 Å². The number of amides is 1. The highest BCUT2D eigenvalue weighted by atomic mass is 32.2. The number of anilines is 1. The van der Waals surface area contributed by atoms with Crippen molar-refractivity contribution in [2.24, 2.45) is 4.99 Å². The molecule has 3 aromatic carbocycles. The Labute approximate surface area is 217 Å². The normalized spacial score (nSPS) is 13.4. The molecule has 5 rings (SSSR count). The minimum absolute atomic E-state index is 0.0949. The molecule has 0 unspecified atom stereocenters. The standard InChI is InChI=1S/C26H23N3O6S2/c1-3-12-29-21-15-22-23(35-14-13-34-22)16-24(21)36-26(29)27-25(30)17-4-6-18(7-5-17)28-37(31,32)20-10-8-19(33-2)9-11-20/h3-11,15-16,28H,1,12-14H2,2H3. The molecule has 0 saturated heterocycles. The van der Waals surface area contributed by atoms with Crippen LogP contribution in [-0.4, -0.2) is 39.2 Å². The summed E-state index contributed by atoms with van der Waals surface area (Å²) in [6.07, 6.45) is 1.73. The van der Waals surface area contributed by atoms with Crippen LogP contribution in [0.3, 0.4) is 0 Å². The first-order chi connectivity index (χ1) is 17.9. The van der Waals surface area contributed by atoms with Gasteiger partial charge in [-0.25, -0.2) is 8.42 Å². The van der Waals surface area contributed by atoms with Crippen molar-refractivity contribution in [3.8, 4) is 17.2 Å². The van der Waals surface area contributed by atoms with Gasteiger partial charge < -0.3 is 18.8 Å². The number of methoxy groups -OCH3 is 1. The Morgan fingerprint density at radius 2 is 1.78 bits per heavy atom. The van der Waals surface area contributed by atoms with Crippen LogP contribution in [0.25, 0.3) is 10.2 Å². The fourth-order valence-corrected chi connectivity index (χ4v) is 5.91. The zero-order valence-electron chi connectivity index (χ0n) is 19.8. The van der Waals surface area contributed by atoms with E-state index in [9.17, 15) is 13.2 Å². The zero-order valence-corrected chi connectivity index (χ0v) is 21.5. The minimum atomic E-state index is -3.80. The minimum Gasteiger partial charge on any atom is -0.497 e. The molecule has 0 spiro atoms. The first kappa shape index (κ1) is 24.6. The summed E-state index contributed by atoms with van der Waals surface area (Å²) in [5.74, 6) is 1.42. The van der Waals surface area contributed by atoms with Crippen LogP contribution in [0.5, 0.6) is 17.2 Å². The number of hydrogen-bond donors (Lipinski definition) is 1. The van der Waals surface area contributed by atoms with Crippen LogP contribution < -0.4 is 23.7 Å². The fraction of sp³-hybridized carbons (Fsp3) is 0.154. The van der Waals surface area contributed by atoms with Gasteiger partial charge in [0.15, 0.2) is 16.3 Å². The molecule has 0 saturated carbocycles. The van der Waals surface area contributed by atoms with Crippen molar-refractivity contribution in [1.82, 2.24) is 4.57 Å². The van der Waals surface area contributed by atoms with Crippen LogP contribution >= 0.6 is 11.3 Å². The molecule has 0 atom stereocenters. The number of nitrogens with one attached hydrogen (secondary N) is 1. The summed E-state index contributed by atoms with van der Waals surface area (Å²) in [5.41, 5.74) is 1.51. The molecule has 0 fully saturated rings. The predicted octanol–water partition coefficient (Wildman–Crippen LogP) is 4.21. The van der Waals surface area contributed by atoms with E-state index in [0.29, 0.717) is 53.1 Å². The van der Waals surface area contributed by atoms with E-state index in [1.165, 1.54) is 54.8 Å². The lowest BCUT2D eigenvalue weighted by Crippen LogP contribution is -2.17. The molecule has 1 amide bonds. The van der Waals surface area contributed by atoms with Crippen molar-refractivity contribution in [2.45, 2.75) is 11.4 Å². The van der Waals surface area contributed by atoms with Crippen LogP contribution in [0.4, 0.5) is 5.69 Å². The number of allylic oxidation sites excluding steroid dienone is 1. The molecule has 1 aliphatic heterocycles. The molecule has 4 aromatic rings. The molecule has 190 valence electrons. The lowest BCUT2D eigenvalue weighted by Gasteiger charge is -2.18. The highest BCUT2D eigenvalue weighted by Crippen LogP contribution is 2.35. The van der Waals surface area contributed by atoms with E-state index in [-0.39, 0.29) is 4.90 Å². The summed E-state index contributed by atoms with van der Waals surface area (Å²) in [6, 6.07) is 15.9. The summed E-state index contributed by atoms with van der Waals surface area (Å²) in [4.78, 5) is 17.9. The van der Waals surface area contributed by atoms with E-state index in [4.69, 9.17) is 14.2 Å². The van der Waals surface area contributed by atoms with E-state index in [0.717, 1.165) is 10.2 Å². The van der Waals surface area contributed by atoms with Gasteiger partial charge in [-0.1, -0.05) is 17.4 Å².